The van der Waals surface area contributed by atoms with Gasteiger partial charge < -0.3 is 0 Å². The fraction of sp³-hybridized carbons (Fsp3) is 0.158. The highest BCUT2D eigenvalue weighted by Crippen LogP contribution is 2.25. The lowest BCUT2D eigenvalue weighted by Crippen LogP contribution is -2.15. The molecule has 132 valence electrons. The quantitative estimate of drug-likeness (QED) is 0.766. The molecule has 0 bridgehead atoms. The molecule has 0 saturated heterocycles. The lowest BCUT2D eigenvalue weighted by Gasteiger charge is -2.09. The van der Waals surface area contributed by atoms with Crippen molar-refractivity contribution < 1.29 is 8.42 Å². The topological polar surface area (TPSA) is 87.8 Å². The number of nitrogens with zero attached hydrogens (tertiary/aromatic N) is 3. The summed E-state index contributed by atoms with van der Waals surface area (Å²) in [7, 11) is -3.81. The van der Waals surface area contributed by atoms with Crippen LogP contribution in [-0.2, 0) is 10.0 Å². The Kier molecular flexibility index (Phi) is 4.53. The van der Waals surface area contributed by atoms with E-state index in [2.05, 4.69) is 9.82 Å². The number of aryl methyl sites for hydroxylation is 2. The van der Waals surface area contributed by atoms with Crippen molar-refractivity contribution in [2.24, 2.45) is 0 Å². The molecule has 1 N–H and O–H groups in total. The van der Waals surface area contributed by atoms with Crippen molar-refractivity contribution in [2.75, 3.05) is 4.72 Å². The van der Waals surface area contributed by atoms with Gasteiger partial charge >= 0.3 is 0 Å². The molecule has 0 aliphatic heterocycles. The van der Waals surface area contributed by atoms with Gasteiger partial charge in [0.05, 0.1) is 28.7 Å². The second-order valence-corrected chi connectivity index (χ2v) is 7.66. The van der Waals surface area contributed by atoms with E-state index in [9.17, 15) is 8.42 Å². The first-order valence-electron chi connectivity index (χ1n) is 7.98. The summed E-state index contributed by atoms with van der Waals surface area (Å²) in [5, 5.41) is 13.2. The van der Waals surface area contributed by atoms with Crippen LogP contribution in [0.25, 0.3) is 5.69 Å². The van der Waals surface area contributed by atoms with Crippen molar-refractivity contribution in [3.63, 3.8) is 0 Å². The van der Waals surface area contributed by atoms with Crippen LogP contribution < -0.4 is 4.72 Å². The lowest BCUT2D eigenvalue weighted by atomic mass is 10.2. The highest BCUT2D eigenvalue weighted by atomic mass is 32.2. The molecule has 0 spiro atoms. The van der Waals surface area contributed by atoms with E-state index in [0.717, 1.165) is 11.3 Å². The largest absolute Gasteiger partial charge is 0.280 e. The third-order valence-corrected chi connectivity index (χ3v) is 5.67. The monoisotopic (exact) mass is 366 g/mol. The fourth-order valence-corrected chi connectivity index (χ4v) is 4.23. The van der Waals surface area contributed by atoms with Crippen LogP contribution in [0.2, 0.25) is 0 Å². The van der Waals surface area contributed by atoms with Crippen LogP contribution in [0, 0.1) is 32.1 Å². The van der Waals surface area contributed by atoms with Crippen molar-refractivity contribution in [3.05, 3.63) is 71.0 Å². The third-order valence-electron chi connectivity index (χ3n) is 4.04. The Balaban J connectivity index is 1.99. The summed E-state index contributed by atoms with van der Waals surface area (Å²) in [5.41, 5.74) is 3.73. The van der Waals surface area contributed by atoms with E-state index < -0.39 is 10.0 Å². The van der Waals surface area contributed by atoms with Gasteiger partial charge in [0, 0.05) is 5.69 Å². The first kappa shape index (κ1) is 17.7. The van der Waals surface area contributed by atoms with Gasteiger partial charge in [-0.2, -0.15) is 10.4 Å². The molecular weight excluding hydrogens is 348 g/mol. The number of hydrogen-bond acceptors (Lipinski definition) is 4. The molecule has 7 heteroatoms. The molecule has 3 aromatic rings. The number of benzene rings is 2. The van der Waals surface area contributed by atoms with Crippen molar-refractivity contribution in [3.8, 4) is 11.8 Å². The Morgan fingerprint density at radius 2 is 1.62 bits per heavy atom. The van der Waals surface area contributed by atoms with E-state index >= 15 is 0 Å². The number of anilines is 1. The van der Waals surface area contributed by atoms with Gasteiger partial charge in [-0.05, 0) is 57.2 Å². The van der Waals surface area contributed by atoms with Crippen molar-refractivity contribution in [2.45, 2.75) is 25.7 Å². The second kappa shape index (κ2) is 6.65. The summed E-state index contributed by atoms with van der Waals surface area (Å²) in [6.07, 6.45) is 0. The third kappa shape index (κ3) is 3.32. The minimum absolute atomic E-state index is 0.155. The number of sulfonamides is 1. The van der Waals surface area contributed by atoms with Crippen LogP contribution in [-0.4, -0.2) is 18.2 Å². The summed E-state index contributed by atoms with van der Waals surface area (Å²) < 4.78 is 29.9. The molecule has 0 saturated carbocycles. The van der Waals surface area contributed by atoms with Gasteiger partial charge in [-0.15, -0.1) is 0 Å². The zero-order valence-electron chi connectivity index (χ0n) is 14.7. The molecule has 0 aliphatic carbocycles. The average Bonchev–Trinajstić information content (AvgIpc) is 2.91. The molecule has 1 heterocycles. The highest BCUT2D eigenvalue weighted by molar-refractivity contribution is 7.92. The summed E-state index contributed by atoms with van der Waals surface area (Å²) in [4.78, 5) is 0.155. The predicted molar refractivity (Wildman–Crippen MR) is 99.7 cm³/mol. The van der Waals surface area contributed by atoms with Crippen LogP contribution in [0.5, 0.6) is 0 Å². The summed E-state index contributed by atoms with van der Waals surface area (Å²) in [6, 6.07) is 16.0. The van der Waals surface area contributed by atoms with E-state index in [4.69, 9.17) is 5.26 Å². The van der Waals surface area contributed by atoms with Gasteiger partial charge in [0.1, 0.15) is 4.90 Å². The summed E-state index contributed by atoms with van der Waals surface area (Å²) >= 11 is 0. The molecule has 0 aliphatic rings. The Morgan fingerprint density at radius 1 is 1.00 bits per heavy atom. The van der Waals surface area contributed by atoms with Gasteiger partial charge in [0.2, 0.25) is 0 Å². The number of nitrogens with one attached hydrogen (secondary N) is 1. The lowest BCUT2D eigenvalue weighted by molar-refractivity contribution is 0.600. The molecule has 0 amide bonds. The summed E-state index contributed by atoms with van der Waals surface area (Å²) in [5.74, 6) is 0. The van der Waals surface area contributed by atoms with E-state index in [0.29, 0.717) is 22.6 Å². The Bertz CT molecular complexity index is 1090. The number of hydrogen-bond donors (Lipinski definition) is 1. The van der Waals surface area contributed by atoms with Crippen molar-refractivity contribution in [1.29, 1.82) is 5.26 Å². The molecule has 0 atom stereocenters. The van der Waals surface area contributed by atoms with Gasteiger partial charge in [-0.3, -0.25) is 4.72 Å². The molecule has 0 radical (unpaired) electrons. The minimum Gasteiger partial charge on any atom is -0.280 e. The fourth-order valence-electron chi connectivity index (χ4n) is 2.77. The van der Waals surface area contributed by atoms with Crippen LogP contribution in [0.1, 0.15) is 22.5 Å². The molecule has 0 fully saturated rings. The Labute approximate surface area is 152 Å². The Hall–Kier alpha value is -3.11. The van der Waals surface area contributed by atoms with E-state index in [1.54, 1.807) is 42.8 Å². The predicted octanol–water partition coefficient (Wildman–Crippen LogP) is 3.47. The van der Waals surface area contributed by atoms with Crippen molar-refractivity contribution >= 4 is 15.7 Å². The maximum absolute atomic E-state index is 12.9. The number of rotatable bonds is 4. The zero-order chi connectivity index (χ0) is 18.9. The summed E-state index contributed by atoms with van der Waals surface area (Å²) in [6.45, 7) is 5.39. The molecule has 3 rings (SSSR count). The van der Waals surface area contributed by atoms with Gasteiger partial charge in [0.15, 0.2) is 0 Å². The molecular formula is C19H18N4O2S. The number of nitriles is 1. The van der Waals surface area contributed by atoms with Crippen LogP contribution in [0.15, 0.2) is 53.4 Å². The minimum atomic E-state index is -3.81. The van der Waals surface area contributed by atoms with Gasteiger partial charge in [-0.1, -0.05) is 17.7 Å². The maximum Gasteiger partial charge on any atom is 0.265 e. The van der Waals surface area contributed by atoms with E-state index in [1.165, 1.54) is 0 Å². The zero-order valence-corrected chi connectivity index (χ0v) is 15.5. The maximum atomic E-state index is 12.9. The van der Waals surface area contributed by atoms with E-state index in [-0.39, 0.29) is 4.90 Å². The SMILES string of the molecule is Cc1ccc(-n2nc(C)c(S(=O)(=O)Nc3ccc(C#N)cc3)c2C)cc1. The molecule has 26 heavy (non-hydrogen) atoms. The van der Waals surface area contributed by atoms with Crippen LogP contribution in [0.3, 0.4) is 0 Å². The first-order valence-corrected chi connectivity index (χ1v) is 9.46. The molecule has 6 nitrogen and oxygen atoms in total. The van der Waals surface area contributed by atoms with Gasteiger partial charge in [0.25, 0.3) is 10.0 Å². The normalized spacial score (nSPS) is 11.2. The second-order valence-electron chi connectivity index (χ2n) is 6.04. The number of aromatic nitrogens is 2. The van der Waals surface area contributed by atoms with E-state index in [1.807, 2.05) is 37.3 Å². The van der Waals surface area contributed by atoms with Crippen LogP contribution >= 0.6 is 0 Å². The molecule has 2 aromatic carbocycles. The molecule has 1 aromatic heterocycles. The van der Waals surface area contributed by atoms with Gasteiger partial charge in [-0.25, -0.2) is 13.1 Å². The Morgan fingerprint density at radius 3 is 2.19 bits per heavy atom. The standard InChI is InChI=1S/C19H18N4O2S/c1-13-4-10-18(11-5-13)23-15(3)19(14(2)21-23)26(24,25)22-17-8-6-16(12-20)7-9-17/h4-11,22H,1-3H3. The smallest absolute Gasteiger partial charge is 0.265 e. The van der Waals surface area contributed by atoms with Crippen molar-refractivity contribution in [1.82, 2.24) is 9.78 Å². The highest BCUT2D eigenvalue weighted by Gasteiger charge is 2.25. The van der Waals surface area contributed by atoms with Crippen LogP contribution in [0.4, 0.5) is 5.69 Å². The molecule has 0 unspecified atom stereocenters. The average molecular weight is 366 g/mol. The first-order chi connectivity index (χ1) is 12.3.